The van der Waals surface area contributed by atoms with Gasteiger partial charge in [0.25, 0.3) is 5.91 Å². The molecular formula is C20H19ClN2O2. The lowest BCUT2D eigenvalue weighted by molar-refractivity contribution is 0.0726. The van der Waals surface area contributed by atoms with Crippen molar-refractivity contribution in [1.29, 1.82) is 0 Å². The van der Waals surface area contributed by atoms with Gasteiger partial charge in [-0.15, -0.1) is 0 Å². The molecule has 1 saturated carbocycles. The number of benzene rings is 2. The summed E-state index contributed by atoms with van der Waals surface area (Å²) in [7, 11) is 1.57. The maximum atomic E-state index is 13.2. The molecule has 0 spiro atoms. The normalized spacial score (nSPS) is 13.8. The fraction of sp³-hybridized carbons (Fsp3) is 0.250. The molecule has 4 nitrogen and oxygen atoms in total. The van der Waals surface area contributed by atoms with Crippen LogP contribution in [0.15, 0.2) is 48.7 Å². The number of halogens is 1. The van der Waals surface area contributed by atoms with E-state index in [4.69, 9.17) is 16.3 Å². The summed E-state index contributed by atoms with van der Waals surface area (Å²) in [5.41, 5.74) is 2.74. The zero-order valence-corrected chi connectivity index (χ0v) is 14.7. The summed E-state index contributed by atoms with van der Waals surface area (Å²) in [6.45, 7) is 0.584. The number of nitrogens with one attached hydrogen (secondary N) is 1. The standard InChI is InChI=1S/C20H19ClN2O2/c1-25-19-7-3-15(21)11-17(19)20(24)23(16-4-5-16)12-13-2-6-18-14(10-13)8-9-22-18/h2-3,6-11,16,22H,4-5,12H2,1H3. The topological polar surface area (TPSA) is 45.3 Å². The Bertz CT molecular complexity index is 930. The van der Waals surface area contributed by atoms with Gasteiger partial charge in [-0.25, -0.2) is 0 Å². The third-order valence-corrected chi connectivity index (χ3v) is 4.85. The van der Waals surface area contributed by atoms with E-state index < -0.39 is 0 Å². The van der Waals surface area contributed by atoms with E-state index in [2.05, 4.69) is 23.2 Å². The Morgan fingerprint density at radius 3 is 2.84 bits per heavy atom. The molecule has 5 heteroatoms. The summed E-state index contributed by atoms with van der Waals surface area (Å²) in [5, 5.41) is 1.69. The maximum absolute atomic E-state index is 13.2. The second kappa shape index (κ2) is 6.45. The highest BCUT2D eigenvalue weighted by atomic mass is 35.5. The summed E-state index contributed by atoms with van der Waals surface area (Å²) in [5.74, 6) is 0.525. The van der Waals surface area contributed by atoms with Gasteiger partial charge in [-0.05, 0) is 60.2 Å². The molecule has 0 radical (unpaired) electrons. The van der Waals surface area contributed by atoms with Gasteiger partial charge in [0, 0.05) is 29.3 Å². The molecule has 25 heavy (non-hydrogen) atoms. The zero-order valence-electron chi connectivity index (χ0n) is 14.0. The minimum absolute atomic E-state index is 0.0315. The Morgan fingerprint density at radius 2 is 2.08 bits per heavy atom. The first-order chi connectivity index (χ1) is 12.2. The van der Waals surface area contributed by atoms with Crippen molar-refractivity contribution in [3.63, 3.8) is 0 Å². The fourth-order valence-electron chi connectivity index (χ4n) is 3.15. The van der Waals surface area contributed by atoms with Crippen LogP contribution in [-0.4, -0.2) is 28.9 Å². The number of hydrogen-bond donors (Lipinski definition) is 1. The fourth-order valence-corrected chi connectivity index (χ4v) is 3.32. The molecule has 4 rings (SSSR count). The van der Waals surface area contributed by atoms with Crippen molar-refractivity contribution in [3.05, 3.63) is 64.8 Å². The monoisotopic (exact) mass is 354 g/mol. The number of rotatable bonds is 5. The molecule has 0 saturated heterocycles. The van der Waals surface area contributed by atoms with Crippen molar-refractivity contribution in [2.75, 3.05) is 7.11 Å². The van der Waals surface area contributed by atoms with Gasteiger partial charge in [-0.1, -0.05) is 17.7 Å². The lowest BCUT2D eigenvalue weighted by atomic mass is 10.1. The van der Waals surface area contributed by atoms with Gasteiger partial charge >= 0.3 is 0 Å². The average molecular weight is 355 g/mol. The predicted molar refractivity (Wildman–Crippen MR) is 99.2 cm³/mol. The number of hydrogen-bond acceptors (Lipinski definition) is 2. The highest BCUT2D eigenvalue weighted by molar-refractivity contribution is 6.31. The Kier molecular flexibility index (Phi) is 4.14. The van der Waals surface area contributed by atoms with Crippen LogP contribution in [0.25, 0.3) is 10.9 Å². The minimum Gasteiger partial charge on any atom is -0.496 e. The van der Waals surface area contributed by atoms with E-state index >= 15 is 0 Å². The van der Waals surface area contributed by atoms with Crippen LogP contribution in [-0.2, 0) is 6.54 Å². The third kappa shape index (κ3) is 3.22. The van der Waals surface area contributed by atoms with Crippen LogP contribution in [0.4, 0.5) is 0 Å². The molecule has 1 aliphatic rings. The van der Waals surface area contributed by atoms with Gasteiger partial charge in [0.1, 0.15) is 5.75 Å². The molecule has 1 aromatic heterocycles. The van der Waals surface area contributed by atoms with Gasteiger partial charge < -0.3 is 14.6 Å². The Balaban J connectivity index is 1.65. The van der Waals surface area contributed by atoms with Crippen LogP contribution in [0.5, 0.6) is 5.75 Å². The summed E-state index contributed by atoms with van der Waals surface area (Å²) in [4.78, 5) is 18.3. The van der Waals surface area contributed by atoms with E-state index in [-0.39, 0.29) is 11.9 Å². The lowest BCUT2D eigenvalue weighted by Gasteiger charge is -2.24. The largest absolute Gasteiger partial charge is 0.496 e. The molecule has 0 unspecified atom stereocenters. The van der Waals surface area contributed by atoms with Gasteiger partial charge in [0.05, 0.1) is 12.7 Å². The highest BCUT2D eigenvalue weighted by Crippen LogP contribution is 2.33. The summed E-state index contributed by atoms with van der Waals surface area (Å²) in [6.07, 6.45) is 4.01. The molecule has 1 aliphatic carbocycles. The van der Waals surface area contributed by atoms with Crippen molar-refractivity contribution < 1.29 is 9.53 Å². The van der Waals surface area contributed by atoms with Crippen LogP contribution in [0.3, 0.4) is 0 Å². The number of methoxy groups -OCH3 is 1. The SMILES string of the molecule is COc1ccc(Cl)cc1C(=O)N(Cc1ccc2[nH]ccc2c1)C1CC1. The Hall–Kier alpha value is -2.46. The zero-order chi connectivity index (χ0) is 17.4. The van der Waals surface area contributed by atoms with Crippen LogP contribution in [0, 0.1) is 0 Å². The minimum atomic E-state index is -0.0315. The second-order valence-electron chi connectivity index (χ2n) is 6.41. The molecule has 1 heterocycles. The smallest absolute Gasteiger partial charge is 0.258 e. The van der Waals surface area contributed by atoms with Gasteiger partial charge in [-0.3, -0.25) is 4.79 Å². The van der Waals surface area contributed by atoms with Crippen LogP contribution < -0.4 is 4.74 Å². The van der Waals surface area contributed by atoms with E-state index in [9.17, 15) is 4.79 Å². The molecule has 1 N–H and O–H groups in total. The average Bonchev–Trinajstić information content (AvgIpc) is 3.36. The third-order valence-electron chi connectivity index (χ3n) is 4.61. The van der Waals surface area contributed by atoms with Crippen molar-refractivity contribution in [2.24, 2.45) is 0 Å². The molecule has 0 atom stereocenters. The molecular weight excluding hydrogens is 336 g/mol. The maximum Gasteiger partial charge on any atom is 0.258 e. The molecule has 0 bridgehead atoms. The number of H-pyrrole nitrogens is 1. The quantitative estimate of drug-likeness (QED) is 0.725. The first kappa shape index (κ1) is 16.0. The molecule has 2 aromatic carbocycles. The number of fused-ring (bicyclic) bond motifs is 1. The molecule has 3 aromatic rings. The van der Waals surface area contributed by atoms with E-state index in [1.807, 2.05) is 17.2 Å². The molecule has 1 amide bonds. The molecule has 128 valence electrons. The van der Waals surface area contributed by atoms with Crippen molar-refractivity contribution in [1.82, 2.24) is 9.88 Å². The lowest BCUT2D eigenvalue weighted by Crippen LogP contribution is -2.32. The molecule has 1 fully saturated rings. The Morgan fingerprint density at radius 1 is 1.24 bits per heavy atom. The molecule has 0 aliphatic heterocycles. The number of nitrogens with zero attached hydrogens (tertiary/aromatic N) is 1. The van der Waals surface area contributed by atoms with E-state index in [0.29, 0.717) is 22.9 Å². The van der Waals surface area contributed by atoms with E-state index in [0.717, 1.165) is 29.3 Å². The second-order valence-corrected chi connectivity index (χ2v) is 6.84. The summed E-state index contributed by atoms with van der Waals surface area (Å²) in [6, 6.07) is 13.7. The number of aromatic nitrogens is 1. The van der Waals surface area contributed by atoms with Crippen molar-refractivity contribution in [3.8, 4) is 5.75 Å². The Labute approximate surface area is 151 Å². The van der Waals surface area contributed by atoms with E-state index in [1.165, 1.54) is 0 Å². The van der Waals surface area contributed by atoms with Crippen LogP contribution >= 0.6 is 11.6 Å². The van der Waals surface area contributed by atoms with Crippen molar-refractivity contribution in [2.45, 2.75) is 25.4 Å². The number of amides is 1. The van der Waals surface area contributed by atoms with Gasteiger partial charge in [0.15, 0.2) is 0 Å². The number of ether oxygens (including phenoxy) is 1. The van der Waals surface area contributed by atoms with Gasteiger partial charge in [-0.2, -0.15) is 0 Å². The van der Waals surface area contributed by atoms with Crippen molar-refractivity contribution >= 4 is 28.4 Å². The first-order valence-corrected chi connectivity index (χ1v) is 8.74. The number of carbonyl (C=O) groups is 1. The first-order valence-electron chi connectivity index (χ1n) is 8.36. The summed E-state index contributed by atoms with van der Waals surface area (Å²) < 4.78 is 5.36. The number of carbonyl (C=O) groups excluding carboxylic acids is 1. The summed E-state index contributed by atoms with van der Waals surface area (Å²) >= 11 is 6.10. The van der Waals surface area contributed by atoms with E-state index in [1.54, 1.807) is 25.3 Å². The highest BCUT2D eigenvalue weighted by Gasteiger charge is 2.34. The van der Waals surface area contributed by atoms with Gasteiger partial charge in [0.2, 0.25) is 0 Å². The number of aromatic amines is 1. The van der Waals surface area contributed by atoms with Crippen LogP contribution in [0.1, 0.15) is 28.8 Å². The van der Waals surface area contributed by atoms with Crippen LogP contribution in [0.2, 0.25) is 5.02 Å². The predicted octanol–water partition coefficient (Wildman–Crippen LogP) is 4.63.